The molecular formula is C46H56F3N6O8PS. The van der Waals surface area contributed by atoms with Crippen LogP contribution in [-0.4, -0.2) is 86.9 Å². The Kier molecular flexibility index (Phi) is 13.7. The molecule has 1 aliphatic heterocycles. The first-order valence-corrected chi connectivity index (χ1v) is 24.4. The molecule has 1 saturated heterocycles. The van der Waals surface area contributed by atoms with Crippen LogP contribution in [0.2, 0.25) is 0 Å². The van der Waals surface area contributed by atoms with Crippen molar-refractivity contribution < 1.29 is 51.2 Å². The lowest BCUT2D eigenvalue weighted by atomic mass is 9.85. The number of ether oxygens (including phenoxy) is 3. The van der Waals surface area contributed by atoms with Gasteiger partial charge >= 0.3 is 12.3 Å². The minimum absolute atomic E-state index is 0.0384. The molecule has 7 rings (SSSR count). The van der Waals surface area contributed by atoms with Gasteiger partial charge in [-0.2, -0.15) is 13.2 Å². The predicted octanol–water partition coefficient (Wildman–Crippen LogP) is 9.13. The number of likely N-dealkylation sites (tertiary alicyclic amines) is 1. The zero-order valence-electron chi connectivity index (χ0n) is 37.2. The second-order valence-corrected chi connectivity index (χ2v) is 21.9. The number of amides is 3. The van der Waals surface area contributed by atoms with E-state index >= 15 is 0 Å². The lowest BCUT2D eigenvalue weighted by Crippen LogP contribution is -2.58. The maximum Gasteiger partial charge on any atom is 0.416 e. The number of alkyl halides is 3. The van der Waals surface area contributed by atoms with E-state index in [4.69, 9.17) is 24.2 Å². The number of rotatable bonds is 15. The van der Waals surface area contributed by atoms with Gasteiger partial charge in [0, 0.05) is 41.3 Å². The third kappa shape index (κ3) is 10.6. The van der Waals surface area contributed by atoms with Gasteiger partial charge in [-0.15, -0.1) is 17.9 Å². The summed E-state index contributed by atoms with van der Waals surface area (Å²) in [6.07, 6.45) is -2.25. The van der Waals surface area contributed by atoms with Crippen LogP contribution in [0.5, 0.6) is 11.5 Å². The molecule has 0 radical (unpaired) electrons. The molecule has 4 aromatic rings. The molecular weight excluding hydrogens is 885 g/mol. The normalized spacial score (nSPS) is 22.6. The Labute approximate surface area is 380 Å². The number of aromatic nitrogens is 2. The third-order valence-electron chi connectivity index (χ3n) is 12.2. The van der Waals surface area contributed by atoms with E-state index in [0.29, 0.717) is 51.8 Å². The topological polar surface area (TPSA) is 181 Å². The minimum Gasteiger partial charge on any atom is -0.497 e. The summed E-state index contributed by atoms with van der Waals surface area (Å²) < 4.78 is 72.3. The Morgan fingerprint density at radius 2 is 1.75 bits per heavy atom. The van der Waals surface area contributed by atoms with Gasteiger partial charge in [-0.25, -0.2) is 14.8 Å². The van der Waals surface area contributed by atoms with E-state index in [1.54, 1.807) is 52.1 Å². The number of methoxy groups -OCH3 is 1. The monoisotopic (exact) mass is 940 g/mol. The maximum absolute atomic E-state index is 14.9. The molecule has 0 spiro atoms. The van der Waals surface area contributed by atoms with Crippen LogP contribution in [0.1, 0.15) is 84.3 Å². The number of carbonyl (C=O) groups is 3. The molecule has 2 aromatic heterocycles. The van der Waals surface area contributed by atoms with Gasteiger partial charge < -0.3 is 40.0 Å². The van der Waals surface area contributed by atoms with Gasteiger partial charge in [0.25, 0.3) is 0 Å². The molecule has 2 saturated carbocycles. The molecule has 3 amide bonds. The highest BCUT2D eigenvalue weighted by atomic mass is 32.1. The Morgan fingerprint density at radius 1 is 1.05 bits per heavy atom. The molecule has 3 fully saturated rings. The van der Waals surface area contributed by atoms with Gasteiger partial charge in [-0.1, -0.05) is 39.0 Å². The van der Waals surface area contributed by atoms with Crippen molar-refractivity contribution in [3.8, 4) is 22.9 Å². The molecule has 3 aliphatic rings. The third-order valence-corrected chi connectivity index (χ3v) is 15.6. The van der Waals surface area contributed by atoms with Gasteiger partial charge in [-0.05, 0) is 81.2 Å². The molecule has 6 atom stereocenters. The van der Waals surface area contributed by atoms with Crippen LogP contribution in [0.15, 0.2) is 66.6 Å². The van der Waals surface area contributed by atoms with Crippen molar-refractivity contribution in [1.82, 2.24) is 25.5 Å². The van der Waals surface area contributed by atoms with Gasteiger partial charge in [0.2, 0.25) is 19.2 Å². The van der Waals surface area contributed by atoms with Crippen LogP contribution in [0.25, 0.3) is 22.3 Å². The van der Waals surface area contributed by atoms with Crippen molar-refractivity contribution >= 4 is 52.6 Å². The van der Waals surface area contributed by atoms with Crippen molar-refractivity contribution in [2.45, 2.75) is 121 Å². The Hall–Kier alpha value is -5.19. The standard InChI is InChI=1S/C46H56F3N6O8PS/c1-8-28-22-45(28,64(59,60)24-27-13-15-29(16-14-27)46(47,48)49)54-40(56)37-20-32(23-55(37)41(57)39(44(4,5)6)53-43(58)63-30-11-9-10-12-30)62-38-21-35(36-25-65-42(52-36)50-26(2)3)51-34-19-31(61-7)17-18-33(34)38/h8,13-19,21,25-26,28,30,32,37,39H,1,9-12,20,22-24H2,2-7H3,(H,50,52)(H,53,58)(H,54,56)(H,59,60)/t28-,32?,37+,39?,45+/m1/s1. The van der Waals surface area contributed by atoms with Crippen molar-refractivity contribution in [3.05, 3.63) is 77.7 Å². The molecule has 14 nitrogen and oxygen atoms in total. The maximum atomic E-state index is 14.9. The number of alkyl carbamates (subject to hydrolysis) is 1. The first-order valence-electron chi connectivity index (χ1n) is 21.7. The van der Waals surface area contributed by atoms with E-state index < -0.39 is 78.0 Å². The summed E-state index contributed by atoms with van der Waals surface area (Å²) in [5.41, 5.74) is 0.0358. The molecule has 350 valence electrons. The highest BCUT2D eigenvalue weighted by Crippen LogP contribution is 2.71. The number of thiazole rings is 1. The van der Waals surface area contributed by atoms with Gasteiger partial charge in [0.1, 0.15) is 46.8 Å². The van der Waals surface area contributed by atoms with Crippen LogP contribution >= 0.6 is 18.7 Å². The molecule has 19 heteroatoms. The van der Waals surface area contributed by atoms with Gasteiger partial charge in [-0.3, -0.25) is 14.2 Å². The van der Waals surface area contributed by atoms with Crippen molar-refractivity contribution in [3.63, 3.8) is 0 Å². The first-order chi connectivity index (χ1) is 30.6. The number of nitrogens with zero attached hydrogens (tertiary/aromatic N) is 3. The lowest BCUT2D eigenvalue weighted by molar-refractivity contribution is -0.142. The lowest BCUT2D eigenvalue weighted by Gasteiger charge is -2.36. The molecule has 2 aromatic carbocycles. The van der Waals surface area contributed by atoms with E-state index in [0.717, 1.165) is 37.1 Å². The van der Waals surface area contributed by atoms with Crippen molar-refractivity contribution in [2.24, 2.45) is 11.3 Å². The van der Waals surface area contributed by atoms with E-state index in [-0.39, 0.29) is 37.1 Å². The molecule has 2 aliphatic carbocycles. The summed E-state index contributed by atoms with van der Waals surface area (Å²) in [4.78, 5) is 65.6. The minimum atomic E-state index is -4.60. The smallest absolute Gasteiger partial charge is 0.416 e. The number of hydrogen-bond acceptors (Lipinski definition) is 11. The Balaban J connectivity index is 1.21. The van der Waals surface area contributed by atoms with Gasteiger partial charge in [0.05, 0.1) is 36.6 Å². The fraction of sp³-hybridized carbons (Fsp3) is 0.500. The summed E-state index contributed by atoms with van der Waals surface area (Å²) in [6, 6.07) is 8.76. The summed E-state index contributed by atoms with van der Waals surface area (Å²) in [5.74, 6) is -1.03. The van der Waals surface area contributed by atoms with Crippen LogP contribution in [-0.2, 0) is 31.2 Å². The average molecular weight is 941 g/mol. The number of hydrogen-bond donors (Lipinski definition) is 4. The second kappa shape index (κ2) is 18.6. The summed E-state index contributed by atoms with van der Waals surface area (Å²) >= 11 is 1.42. The summed E-state index contributed by atoms with van der Waals surface area (Å²) in [6.45, 7) is 13.0. The average Bonchev–Trinajstić information content (AvgIpc) is 3.63. The molecule has 0 bridgehead atoms. The molecule has 3 unspecified atom stereocenters. The summed E-state index contributed by atoms with van der Waals surface area (Å²) in [7, 11) is -2.87. The molecule has 65 heavy (non-hydrogen) atoms. The second-order valence-electron chi connectivity index (χ2n) is 18.5. The quantitative estimate of drug-likeness (QED) is 0.0659. The Bertz CT molecular complexity index is 2470. The number of nitrogens with one attached hydrogen (secondary N) is 3. The van der Waals surface area contributed by atoms with Gasteiger partial charge in [0.15, 0.2) is 5.13 Å². The van der Waals surface area contributed by atoms with E-state index in [2.05, 4.69) is 22.5 Å². The largest absolute Gasteiger partial charge is 0.497 e. The number of pyridine rings is 1. The zero-order chi connectivity index (χ0) is 47.1. The highest BCUT2D eigenvalue weighted by Gasteiger charge is 2.66. The predicted molar refractivity (Wildman–Crippen MR) is 242 cm³/mol. The summed E-state index contributed by atoms with van der Waals surface area (Å²) in [5, 5.41) is 10.4. The SMILES string of the molecule is C=C[C@@H]1C[C@]1(NC(=O)[C@@H]1CC(Oc2cc(-c3csc(NC(C)C)n3)nc3cc(OC)ccc23)CN1C(=O)C(NC(=O)OC1CCCC1)C(C)(C)C)P(=O)(O)Cc1ccc(C(F)(F)F)cc1. The number of benzene rings is 2. The number of carbonyl (C=O) groups excluding carboxylic acids is 3. The van der Waals surface area contributed by atoms with Crippen LogP contribution in [0.4, 0.5) is 23.1 Å². The fourth-order valence-corrected chi connectivity index (χ4v) is 11.8. The van der Waals surface area contributed by atoms with Crippen molar-refractivity contribution in [2.75, 3.05) is 19.0 Å². The number of fused-ring (bicyclic) bond motifs is 1. The molecule has 3 heterocycles. The highest BCUT2D eigenvalue weighted by molar-refractivity contribution is 7.59. The van der Waals surface area contributed by atoms with Crippen LogP contribution in [0.3, 0.4) is 0 Å². The van der Waals surface area contributed by atoms with Crippen LogP contribution in [0, 0.1) is 11.3 Å². The van der Waals surface area contributed by atoms with E-state index in [9.17, 15) is 37.0 Å². The van der Waals surface area contributed by atoms with E-state index in [1.807, 2.05) is 19.2 Å². The number of halogens is 3. The van der Waals surface area contributed by atoms with Crippen molar-refractivity contribution in [1.29, 1.82) is 0 Å². The fourth-order valence-electron chi connectivity index (χ4n) is 8.59. The number of anilines is 1. The van der Waals surface area contributed by atoms with Crippen LogP contribution < -0.4 is 25.4 Å². The molecule has 4 N–H and O–H groups in total. The van der Waals surface area contributed by atoms with E-state index in [1.165, 1.54) is 22.3 Å². The Morgan fingerprint density at radius 3 is 2.37 bits per heavy atom. The first kappa shape index (κ1) is 47.8. The zero-order valence-corrected chi connectivity index (χ0v) is 38.9.